The zero-order valence-corrected chi connectivity index (χ0v) is 14.4. The van der Waals surface area contributed by atoms with Gasteiger partial charge in [-0.3, -0.25) is 0 Å². The van der Waals surface area contributed by atoms with E-state index in [0.717, 1.165) is 31.5 Å². The molecule has 0 saturated carbocycles. The van der Waals surface area contributed by atoms with Crippen molar-refractivity contribution >= 4 is 5.82 Å². The maximum atomic E-state index is 13.9. The molecule has 1 aliphatic rings. The van der Waals surface area contributed by atoms with Gasteiger partial charge in [-0.25, -0.2) is 9.97 Å². The number of nitrogens with zero attached hydrogens (tertiary/aromatic N) is 3. The first-order valence-electron chi connectivity index (χ1n) is 8.29. The Morgan fingerprint density at radius 3 is 2.68 bits per heavy atom. The molecule has 0 aromatic carbocycles. The lowest BCUT2D eigenvalue weighted by Crippen LogP contribution is -2.39. The summed E-state index contributed by atoms with van der Waals surface area (Å²) in [5, 5.41) is 9.13. The quantitative estimate of drug-likeness (QED) is 0.838. The van der Waals surface area contributed by atoms with Crippen molar-refractivity contribution in [2.45, 2.75) is 32.5 Å². The van der Waals surface area contributed by atoms with Gasteiger partial charge in [-0.1, -0.05) is 0 Å². The summed E-state index contributed by atoms with van der Waals surface area (Å²) in [5.41, 5.74) is 1.09. The second kappa shape index (κ2) is 7.65. The zero-order chi connectivity index (χ0) is 17.8. The van der Waals surface area contributed by atoms with Crippen LogP contribution >= 0.6 is 0 Å². The molecule has 0 amide bonds. The maximum Gasteiger partial charge on any atom is 0.220 e. The molecule has 6 nitrogen and oxygen atoms in total. The molecule has 3 rings (SSSR count). The van der Waals surface area contributed by atoms with Crippen LogP contribution in [-0.2, 0) is 6.61 Å². The van der Waals surface area contributed by atoms with E-state index < -0.39 is 5.95 Å². The normalized spacial score (nSPS) is 15.3. The summed E-state index contributed by atoms with van der Waals surface area (Å²) in [6, 6.07) is 5.26. The van der Waals surface area contributed by atoms with E-state index >= 15 is 0 Å². The predicted molar refractivity (Wildman–Crippen MR) is 91.5 cm³/mol. The lowest BCUT2D eigenvalue weighted by atomic mass is 10.1. The summed E-state index contributed by atoms with van der Waals surface area (Å²) < 4.78 is 24.9. The molecule has 25 heavy (non-hydrogen) atoms. The Kier molecular flexibility index (Phi) is 5.33. The number of ether oxygens (including phenoxy) is 2. The molecule has 134 valence electrons. The van der Waals surface area contributed by atoms with E-state index in [4.69, 9.17) is 14.6 Å². The molecule has 0 spiro atoms. The number of aryl methyl sites for hydroxylation is 1. The van der Waals surface area contributed by atoms with E-state index in [1.165, 1.54) is 0 Å². The molecular formula is C18H22FN3O3. The molecule has 1 saturated heterocycles. The van der Waals surface area contributed by atoms with E-state index in [0.29, 0.717) is 17.4 Å². The predicted octanol–water partition coefficient (Wildman–Crippen LogP) is 2.47. The number of aliphatic hydroxyl groups excluding tert-OH is 1. The molecule has 0 aliphatic carbocycles. The SMILES string of the molecule is COc1ccc(OC2CCN(c3nc(F)c(CO)cc3C)CC2)cn1. The molecule has 3 heterocycles. The highest BCUT2D eigenvalue weighted by Gasteiger charge is 2.23. The summed E-state index contributed by atoms with van der Waals surface area (Å²) in [6.07, 6.45) is 3.38. The summed E-state index contributed by atoms with van der Waals surface area (Å²) in [4.78, 5) is 10.2. The number of methoxy groups -OCH3 is 1. The Morgan fingerprint density at radius 1 is 1.32 bits per heavy atom. The van der Waals surface area contributed by atoms with E-state index in [1.54, 1.807) is 25.4 Å². The Bertz CT molecular complexity index is 716. The van der Waals surface area contributed by atoms with Crippen LogP contribution in [0.3, 0.4) is 0 Å². The number of aromatic nitrogens is 2. The van der Waals surface area contributed by atoms with Crippen molar-refractivity contribution in [2.24, 2.45) is 0 Å². The first-order chi connectivity index (χ1) is 12.1. The molecule has 0 bridgehead atoms. The van der Waals surface area contributed by atoms with Crippen molar-refractivity contribution < 1.29 is 19.0 Å². The number of piperidine rings is 1. The van der Waals surface area contributed by atoms with Gasteiger partial charge in [0.25, 0.3) is 0 Å². The summed E-state index contributed by atoms with van der Waals surface area (Å²) in [5.74, 6) is 1.30. The van der Waals surface area contributed by atoms with Crippen LogP contribution in [-0.4, -0.2) is 41.4 Å². The molecular weight excluding hydrogens is 325 g/mol. The van der Waals surface area contributed by atoms with Crippen LogP contribution < -0.4 is 14.4 Å². The summed E-state index contributed by atoms with van der Waals surface area (Å²) in [7, 11) is 1.57. The molecule has 2 aromatic rings. The standard InChI is InChI=1S/C18H22FN3O3/c1-12-9-13(11-23)17(19)21-18(12)22-7-5-14(6-8-22)25-15-3-4-16(24-2)20-10-15/h3-4,9-10,14,23H,5-8,11H2,1-2H3. The number of rotatable bonds is 5. The number of hydrogen-bond acceptors (Lipinski definition) is 6. The fourth-order valence-electron chi connectivity index (χ4n) is 3.00. The lowest BCUT2D eigenvalue weighted by Gasteiger charge is -2.33. The fraction of sp³-hybridized carbons (Fsp3) is 0.444. The second-order valence-corrected chi connectivity index (χ2v) is 6.08. The lowest BCUT2D eigenvalue weighted by molar-refractivity contribution is 0.169. The van der Waals surface area contributed by atoms with Crippen molar-refractivity contribution in [3.63, 3.8) is 0 Å². The number of hydrogen-bond donors (Lipinski definition) is 1. The number of anilines is 1. The zero-order valence-electron chi connectivity index (χ0n) is 14.4. The van der Waals surface area contributed by atoms with Crippen molar-refractivity contribution in [1.82, 2.24) is 9.97 Å². The molecule has 1 aliphatic heterocycles. The maximum absolute atomic E-state index is 13.9. The van der Waals surface area contributed by atoms with Gasteiger partial charge in [-0.2, -0.15) is 4.39 Å². The Morgan fingerprint density at radius 2 is 2.08 bits per heavy atom. The molecule has 2 aromatic heterocycles. The average Bonchev–Trinajstić information content (AvgIpc) is 2.64. The molecule has 0 radical (unpaired) electrons. The van der Waals surface area contributed by atoms with Gasteiger partial charge in [0, 0.05) is 37.6 Å². The highest BCUT2D eigenvalue weighted by molar-refractivity contribution is 5.48. The van der Waals surface area contributed by atoms with Crippen molar-refractivity contribution in [1.29, 1.82) is 0 Å². The third kappa shape index (κ3) is 3.99. The van der Waals surface area contributed by atoms with Gasteiger partial charge in [0.05, 0.1) is 19.9 Å². The van der Waals surface area contributed by atoms with Gasteiger partial charge >= 0.3 is 0 Å². The van der Waals surface area contributed by atoms with Crippen LogP contribution in [0, 0.1) is 12.9 Å². The minimum absolute atomic E-state index is 0.0910. The van der Waals surface area contributed by atoms with E-state index in [1.807, 2.05) is 13.0 Å². The third-order valence-corrected chi connectivity index (χ3v) is 4.35. The summed E-state index contributed by atoms with van der Waals surface area (Å²) in [6.45, 7) is 3.01. The average molecular weight is 347 g/mol. The molecule has 0 atom stereocenters. The van der Waals surface area contributed by atoms with Crippen LogP contribution in [0.2, 0.25) is 0 Å². The second-order valence-electron chi connectivity index (χ2n) is 6.08. The van der Waals surface area contributed by atoms with Gasteiger partial charge in [-0.15, -0.1) is 0 Å². The Balaban J connectivity index is 1.60. The van der Waals surface area contributed by atoms with Crippen molar-refractivity contribution in [3.05, 3.63) is 41.5 Å². The Labute approximate surface area is 146 Å². The molecule has 1 N–H and O–H groups in total. The number of pyridine rings is 2. The minimum atomic E-state index is -0.606. The topological polar surface area (TPSA) is 67.7 Å². The fourth-order valence-corrected chi connectivity index (χ4v) is 3.00. The van der Waals surface area contributed by atoms with Gasteiger partial charge in [0.1, 0.15) is 17.7 Å². The van der Waals surface area contributed by atoms with Gasteiger partial charge < -0.3 is 19.5 Å². The molecule has 0 unspecified atom stereocenters. The first-order valence-corrected chi connectivity index (χ1v) is 8.29. The molecule has 1 fully saturated rings. The minimum Gasteiger partial charge on any atom is -0.489 e. The van der Waals surface area contributed by atoms with E-state index in [-0.39, 0.29) is 18.3 Å². The van der Waals surface area contributed by atoms with E-state index in [9.17, 15) is 4.39 Å². The van der Waals surface area contributed by atoms with Crippen molar-refractivity contribution in [2.75, 3.05) is 25.1 Å². The number of aliphatic hydroxyl groups is 1. The number of halogens is 1. The van der Waals surface area contributed by atoms with Crippen LogP contribution in [0.5, 0.6) is 11.6 Å². The van der Waals surface area contributed by atoms with Gasteiger partial charge in [0.15, 0.2) is 0 Å². The molecule has 7 heteroatoms. The Hall–Kier alpha value is -2.41. The van der Waals surface area contributed by atoms with Gasteiger partial charge in [-0.05, 0) is 24.6 Å². The largest absolute Gasteiger partial charge is 0.489 e. The highest BCUT2D eigenvalue weighted by atomic mass is 19.1. The van der Waals surface area contributed by atoms with E-state index in [2.05, 4.69) is 14.9 Å². The first kappa shape index (κ1) is 17.4. The van der Waals surface area contributed by atoms with Crippen LogP contribution in [0.25, 0.3) is 0 Å². The third-order valence-electron chi connectivity index (χ3n) is 4.35. The van der Waals surface area contributed by atoms with Crippen LogP contribution in [0.1, 0.15) is 24.0 Å². The summed E-state index contributed by atoms with van der Waals surface area (Å²) >= 11 is 0. The van der Waals surface area contributed by atoms with Crippen LogP contribution in [0.15, 0.2) is 24.4 Å². The van der Waals surface area contributed by atoms with Crippen LogP contribution in [0.4, 0.5) is 10.2 Å². The smallest absolute Gasteiger partial charge is 0.220 e. The monoisotopic (exact) mass is 347 g/mol. The highest BCUT2D eigenvalue weighted by Crippen LogP contribution is 2.26. The van der Waals surface area contributed by atoms with Gasteiger partial charge in [0.2, 0.25) is 11.8 Å². The van der Waals surface area contributed by atoms with Crippen molar-refractivity contribution in [3.8, 4) is 11.6 Å².